The van der Waals surface area contributed by atoms with Gasteiger partial charge >= 0.3 is 0 Å². The quantitative estimate of drug-likeness (QED) is 0.565. The Balaban J connectivity index is 2.85. The Kier molecular flexibility index (Phi) is 1.74. The lowest BCUT2D eigenvalue weighted by atomic mass is 10.5. The topological polar surface area (TPSA) is 63.8 Å². The Bertz CT molecular complexity index is 166. The van der Waals surface area contributed by atoms with E-state index in [2.05, 4.69) is 15.5 Å². The van der Waals surface area contributed by atoms with Crippen molar-refractivity contribution in [2.24, 2.45) is 0 Å². The third-order valence-electron chi connectivity index (χ3n) is 1.06. The van der Waals surface area contributed by atoms with Crippen LogP contribution in [-0.4, -0.2) is 25.3 Å². The van der Waals surface area contributed by atoms with Gasteiger partial charge < -0.3 is 5.11 Å². The van der Waals surface area contributed by atoms with Gasteiger partial charge in [0.25, 0.3) is 0 Å². The van der Waals surface area contributed by atoms with Gasteiger partial charge in [-0.3, -0.25) is 0 Å². The molecule has 1 aromatic heterocycles. The number of aryl methyl sites for hydroxylation is 1. The molecule has 0 bridgehead atoms. The first-order valence-corrected chi connectivity index (χ1v) is 2.74. The first-order valence-electron chi connectivity index (χ1n) is 2.74. The van der Waals surface area contributed by atoms with E-state index in [1.54, 1.807) is 0 Å². The molecule has 0 saturated heterocycles. The Labute approximate surface area is 52.3 Å². The van der Waals surface area contributed by atoms with Crippen molar-refractivity contribution in [2.45, 2.75) is 20.1 Å². The smallest absolute Gasteiger partial charge is 0.153 e. The second-order valence-corrected chi connectivity index (χ2v) is 1.59. The van der Waals surface area contributed by atoms with Gasteiger partial charge in [-0.05, 0) is 10.4 Å². The summed E-state index contributed by atoms with van der Waals surface area (Å²) in [5.74, 6) is 0.706. The van der Waals surface area contributed by atoms with Gasteiger partial charge in [0.2, 0.25) is 0 Å². The Morgan fingerprint density at radius 2 is 2.44 bits per heavy atom. The fraction of sp³-hybridized carbons (Fsp3) is 0.750. The number of aliphatic hydroxyl groups excluding tert-OH is 1. The van der Waals surface area contributed by atoms with Crippen molar-refractivity contribution >= 4 is 0 Å². The molecule has 1 aromatic rings. The minimum Gasteiger partial charge on any atom is -0.374 e. The zero-order valence-electron chi connectivity index (χ0n) is 5.15. The van der Waals surface area contributed by atoms with Crippen molar-refractivity contribution in [3.8, 4) is 0 Å². The van der Waals surface area contributed by atoms with Gasteiger partial charge in [0, 0.05) is 6.42 Å². The van der Waals surface area contributed by atoms with Crippen LogP contribution in [0.1, 0.15) is 12.7 Å². The third kappa shape index (κ3) is 1.05. The highest BCUT2D eigenvalue weighted by Gasteiger charge is 1.98. The van der Waals surface area contributed by atoms with Crippen molar-refractivity contribution in [3.05, 3.63) is 5.82 Å². The van der Waals surface area contributed by atoms with Crippen LogP contribution in [0, 0.1) is 0 Å². The average molecular weight is 128 g/mol. The molecule has 5 heteroatoms. The minimum atomic E-state index is -0.143. The summed E-state index contributed by atoms with van der Waals surface area (Å²) in [5.41, 5.74) is 0. The Morgan fingerprint density at radius 1 is 1.67 bits per heavy atom. The molecule has 0 atom stereocenters. The maximum atomic E-state index is 8.56. The molecule has 50 valence electrons. The maximum absolute atomic E-state index is 8.56. The minimum absolute atomic E-state index is 0.143. The molecule has 0 aromatic carbocycles. The molecule has 0 saturated carbocycles. The van der Waals surface area contributed by atoms with Gasteiger partial charge in [-0.15, -0.1) is 5.10 Å². The molecule has 1 rings (SSSR count). The fourth-order valence-corrected chi connectivity index (χ4v) is 0.586. The SMILES string of the molecule is CCc1nnnn1CO. The first-order chi connectivity index (χ1) is 4.38. The zero-order chi connectivity index (χ0) is 6.69. The number of hydrogen-bond donors (Lipinski definition) is 1. The number of nitrogens with zero attached hydrogens (tertiary/aromatic N) is 4. The first kappa shape index (κ1) is 6.15. The third-order valence-corrected chi connectivity index (χ3v) is 1.06. The van der Waals surface area contributed by atoms with E-state index < -0.39 is 0 Å². The van der Waals surface area contributed by atoms with Gasteiger partial charge in [0.15, 0.2) is 5.82 Å². The van der Waals surface area contributed by atoms with E-state index in [-0.39, 0.29) is 6.73 Å². The van der Waals surface area contributed by atoms with Crippen LogP contribution >= 0.6 is 0 Å². The summed E-state index contributed by atoms with van der Waals surface area (Å²) >= 11 is 0. The lowest BCUT2D eigenvalue weighted by Gasteiger charge is -1.93. The normalized spacial score (nSPS) is 10.0. The van der Waals surface area contributed by atoms with Crippen LogP contribution in [0.2, 0.25) is 0 Å². The summed E-state index contributed by atoms with van der Waals surface area (Å²) in [6.07, 6.45) is 0.744. The van der Waals surface area contributed by atoms with Gasteiger partial charge in [0.1, 0.15) is 6.73 Å². The standard InChI is InChI=1S/C4H8N4O/c1-2-4-5-6-7-8(4)3-9/h9H,2-3H2,1H3. The summed E-state index contributed by atoms with van der Waals surface area (Å²) in [7, 11) is 0. The molecule has 9 heavy (non-hydrogen) atoms. The summed E-state index contributed by atoms with van der Waals surface area (Å²) in [6, 6.07) is 0. The average Bonchev–Trinajstić information content (AvgIpc) is 2.33. The van der Waals surface area contributed by atoms with Crippen molar-refractivity contribution in [1.29, 1.82) is 0 Å². The second kappa shape index (κ2) is 2.54. The molecule has 0 unspecified atom stereocenters. The number of tetrazole rings is 1. The van der Waals surface area contributed by atoms with Gasteiger partial charge in [-0.25, -0.2) is 4.68 Å². The molecule has 0 aliphatic heterocycles. The molecule has 0 fully saturated rings. The van der Waals surface area contributed by atoms with Crippen molar-refractivity contribution < 1.29 is 5.11 Å². The highest BCUT2D eigenvalue weighted by atomic mass is 16.3. The summed E-state index contributed by atoms with van der Waals surface area (Å²) in [5, 5.41) is 19.1. The largest absolute Gasteiger partial charge is 0.374 e. The summed E-state index contributed by atoms with van der Waals surface area (Å²) in [6.45, 7) is 1.79. The van der Waals surface area contributed by atoms with E-state index >= 15 is 0 Å². The zero-order valence-corrected chi connectivity index (χ0v) is 5.15. The molecule has 5 nitrogen and oxygen atoms in total. The number of hydrogen-bond acceptors (Lipinski definition) is 4. The maximum Gasteiger partial charge on any atom is 0.153 e. The van der Waals surface area contributed by atoms with Crippen molar-refractivity contribution in [2.75, 3.05) is 0 Å². The predicted molar refractivity (Wildman–Crippen MR) is 29.4 cm³/mol. The highest BCUT2D eigenvalue weighted by molar-refractivity contribution is 4.76. The van der Waals surface area contributed by atoms with Gasteiger partial charge in [-0.1, -0.05) is 6.92 Å². The molecular formula is C4H8N4O. The molecule has 1 N–H and O–H groups in total. The summed E-state index contributed by atoms with van der Waals surface area (Å²) in [4.78, 5) is 0. The van der Waals surface area contributed by atoms with Crippen LogP contribution < -0.4 is 0 Å². The molecule has 1 heterocycles. The van der Waals surface area contributed by atoms with Crippen LogP contribution in [0.5, 0.6) is 0 Å². The van der Waals surface area contributed by atoms with Crippen LogP contribution in [0.15, 0.2) is 0 Å². The van der Waals surface area contributed by atoms with Crippen molar-refractivity contribution in [3.63, 3.8) is 0 Å². The van der Waals surface area contributed by atoms with Crippen LogP contribution in [0.4, 0.5) is 0 Å². The molecule has 0 aliphatic rings. The lowest BCUT2D eigenvalue weighted by Crippen LogP contribution is -2.03. The van der Waals surface area contributed by atoms with E-state index in [9.17, 15) is 0 Å². The molecule has 0 spiro atoms. The Hall–Kier alpha value is -0.970. The summed E-state index contributed by atoms with van der Waals surface area (Å²) < 4.78 is 1.35. The van der Waals surface area contributed by atoms with Gasteiger partial charge in [-0.2, -0.15) is 0 Å². The monoisotopic (exact) mass is 128 g/mol. The van der Waals surface area contributed by atoms with E-state index in [4.69, 9.17) is 5.11 Å². The molecule has 0 radical (unpaired) electrons. The number of aromatic nitrogens is 4. The molecular weight excluding hydrogens is 120 g/mol. The highest BCUT2D eigenvalue weighted by Crippen LogP contribution is 1.89. The lowest BCUT2D eigenvalue weighted by molar-refractivity contribution is 0.188. The number of rotatable bonds is 2. The molecule has 0 amide bonds. The van der Waals surface area contributed by atoms with Crippen LogP contribution in [-0.2, 0) is 13.2 Å². The predicted octanol–water partition coefficient (Wildman–Crippen LogP) is -0.815. The van der Waals surface area contributed by atoms with E-state index in [1.807, 2.05) is 6.92 Å². The van der Waals surface area contributed by atoms with Crippen LogP contribution in [0.3, 0.4) is 0 Å². The number of aliphatic hydroxyl groups is 1. The van der Waals surface area contributed by atoms with E-state index in [0.717, 1.165) is 6.42 Å². The molecule has 0 aliphatic carbocycles. The van der Waals surface area contributed by atoms with E-state index in [0.29, 0.717) is 5.82 Å². The van der Waals surface area contributed by atoms with Gasteiger partial charge in [0.05, 0.1) is 0 Å². The van der Waals surface area contributed by atoms with Crippen molar-refractivity contribution in [1.82, 2.24) is 20.2 Å². The second-order valence-electron chi connectivity index (χ2n) is 1.59. The fourth-order valence-electron chi connectivity index (χ4n) is 0.586. The van der Waals surface area contributed by atoms with E-state index in [1.165, 1.54) is 4.68 Å². The van der Waals surface area contributed by atoms with Crippen LogP contribution in [0.25, 0.3) is 0 Å². The Morgan fingerprint density at radius 3 is 2.89 bits per heavy atom.